The number of hydrogen-bond acceptors (Lipinski definition) is 4. The molecule has 0 radical (unpaired) electrons. The maximum Gasteiger partial charge on any atom is 0.217 e. The van der Waals surface area contributed by atoms with Crippen LogP contribution in [0.3, 0.4) is 0 Å². The SMILES string of the molecule is CCN1CCCC1COC(=N)c1c(C)c(Cl)cc(Cl)c1O. The summed E-state index contributed by atoms with van der Waals surface area (Å²) in [5.74, 6) is -0.236. The number of likely N-dealkylation sites (tertiary alicyclic amines) is 1. The summed E-state index contributed by atoms with van der Waals surface area (Å²) in [6.07, 6.45) is 2.23. The van der Waals surface area contributed by atoms with Crippen molar-refractivity contribution < 1.29 is 9.84 Å². The number of likely N-dealkylation sites (N-methyl/N-ethyl adjacent to an activating group) is 1. The Bertz CT molecular complexity index is 523. The van der Waals surface area contributed by atoms with Crippen LogP contribution in [-0.2, 0) is 4.74 Å². The van der Waals surface area contributed by atoms with Gasteiger partial charge < -0.3 is 9.84 Å². The first-order chi connectivity index (χ1) is 9.95. The van der Waals surface area contributed by atoms with Crippen molar-refractivity contribution in [1.82, 2.24) is 4.90 Å². The zero-order chi connectivity index (χ0) is 15.6. The average molecular weight is 331 g/mol. The van der Waals surface area contributed by atoms with Crippen molar-refractivity contribution in [2.45, 2.75) is 32.7 Å². The molecule has 1 heterocycles. The zero-order valence-corrected chi connectivity index (χ0v) is 13.8. The Hall–Kier alpha value is -0.970. The topological polar surface area (TPSA) is 56.5 Å². The van der Waals surface area contributed by atoms with E-state index in [1.165, 1.54) is 6.07 Å². The fourth-order valence-corrected chi connectivity index (χ4v) is 3.20. The fraction of sp³-hybridized carbons (Fsp3) is 0.533. The van der Waals surface area contributed by atoms with E-state index in [0.29, 0.717) is 23.2 Å². The molecule has 1 saturated heterocycles. The van der Waals surface area contributed by atoms with E-state index in [9.17, 15) is 5.11 Å². The third kappa shape index (κ3) is 3.44. The fourth-order valence-electron chi connectivity index (χ4n) is 2.73. The molecule has 1 unspecified atom stereocenters. The largest absolute Gasteiger partial charge is 0.506 e. The molecule has 2 rings (SSSR count). The van der Waals surface area contributed by atoms with Crippen molar-refractivity contribution in [2.24, 2.45) is 0 Å². The Labute approximate surface area is 135 Å². The quantitative estimate of drug-likeness (QED) is 0.651. The first-order valence-electron chi connectivity index (χ1n) is 7.09. The molecule has 0 aromatic heterocycles. The molecule has 1 aromatic rings. The smallest absolute Gasteiger partial charge is 0.217 e. The molecular weight excluding hydrogens is 311 g/mol. The number of nitrogens with one attached hydrogen (secondary N) is 1. The third-order valence-corrected chi connectivity index (χ3v) is 4.68. The van der Waals surface area contributed by atoms with Gasteiger partial charge in [0, 0.05) is 11.1 Å². The molecule has 1 fully saturated rings. The molecule has 1 aromatic carbocycles. The van der Waals surface area contributed by atoms with Crippen molar-refractivity contribution in [2.75, 3.05) is 19.7 Å². The molecule has 1 aliphatic heterocycles. The van der Waals surface area contributed by atoms with Crippen LogP contribution in [0.4, 0.5) is 0 Å². The molecule has 0 aliphatic carbocycles. The number of benzene rings is 1. The van der Waals surface area contributed by atoms with Gasteiger partial charge in [0.1, 0.15) is 12.4 Å². The normalized spacial score (nSPS) is 19.0. The Morgan fingerprint density at radius 3 is 2.86 bits per heavy atom. The maximum atomic E-state index is 10.0. The highest BCUT2D eigenvalue weighted by Gasteiger charge is 2.25. The monoisotopic (exact) mass is 330 g/mol. The van der Waals surface area contributed by atoms with Gasteiger partial charge in [-0.1, -0.05) is 30.1 Å². The lowest BCUT2D eigenvalue weighted by Gasteiger charge is -2.23. The van der Waals surface area contributed by atoms with Crippen molar-refractivity contribution in [3.05, 3.63) is 27.2 Å². The maximum absolute atomic E-state index is 10.0. The van der Waals surface area contributed by atoms with E-state index in [0.717, 1.165) is 25.9 Å². The molecule has 21 heavy (non-hydrogen) atoms. The van der Waals surface area contributed by atoms with Gasteiger partial charge >= 0.3 is 0 Å². The van der Waals surface area contributed by atoms with E-state index in [4.69, 9.17) is 33.3 Å². The second-order valence-electron chi connectivity index (χ2n) is 5.25. The van der Waals surface area contributed by atoms with Gasteiger partial charge in [0.2, 0.25) is 5.90 Å². The van der Waals surface area contributed by atoms with Crippen LogP contribution in [0.25, 0.3) is 0 Å². The molecule has 0 amide bonds. The van der Waals surface area contributed by atoms with E-state index in [2.05, 4.69) is 11.8 Å². The third-order valence-electron chi connectivity index (χ3n) is 4.00. The minimum absolute atomic E-state index is 0.0858. The number of ether oxygens (including phenoxy) is 1. The van der Waals surface area contributed by atoms with Crippen LogP contribution in [0.1, 0.15) is 30.9 Å². The van der Waals surface area contributed by atoms with Gasteiger partial charge in [-0.25, -0.2) is 0 Å². The van der Waals surface area contributed by atoms with Crippen LogP contribution < -0.4 is 0 Å². The van der Waals surface area contributed by atoms with Crippen LogP contribution in [0.2, 0.25) is 10.0 Å². The van der Waals surface area contributed by atoms with Crippen molar-refractivity contribution in [1.29, 1.82) is 5.41 Å². The second kappa shape index (κ2) is 6.86. The summed E-state index contributed by atoms with van der Waals surface area (Å²) >= 11 is 12.0. The number of phenolic OH excluding ortho intramolecular Hbond substituents is 1. The minimum atomic E-state index is -0.151. The van der Waals surface area contributed by atoms with E-state index in [-0.39, 0.29) is 22.2 Å². The second-order valence-corrected chi connectivity index (χ2v) is 6.07. The highest BCUT2D eigenvalue weighted by Crippen LogP contribution is 2.35. The number of rotatable bonds is 4. The van der Waals surface area contributed by atoms with E-state index in [1.807, 2.05) is 0 Å². The molecule has 6 heteroatoms. The van der Waals surface area contributed by atoms with Gasteiger partial charge in [0.05, 0.1) is 10.6 Å². The predicted molar refractivity (Wildman–Crippen MR) is 85.9 cm³/mol. The number of nitrogens with zero attached hydrogens (tertiary/aromatic N) is 1. The molecule has 1 atom stereocenters. The van der Waals surface area contributed by atoms with E-state index in [1.54, 1.807) is 6.92 Å². The van der Waals surface area contributed by atoms with Crippen LogP contribution >= 0.6 is 23.2 Å². The molecule has 0 spiro atoms. The molecule has 4 nitrogen and oxygen atoms in total. The average Bonchev–Trinajstić information content (AvgIpc) is 2.90. The van der Waals surface area contributed by atoms with E-state index >= 15 is 0 Å². The summed E-state index contributed by atoms with van der Waals surface area (Å²) in [7, 11) is 0. The van der Waals surface area contributed by atoms with Gasteiger partial charge in [0.25, 0.3) is 0 Å². The Balaban J connectivity index is 2.11. The van der Waals surface area contributed by atoms with Crippen LogP contribution in [0.15, 0.2) is 6.07 Å². The molecule has 1 aliphatic rings. The highest BCUT2D eigenvalue weighted by atomic mass is 35.5. The lowest BCUT2D eigenvalue weighted by atomic mass is 10.1. The molecule has 116 valence electrons. The number of halogens is 2. The molecule has 0 saturated carbocycles. The lowest BCUT2D eigenvalue weighted by molar-refractivity contribution is 0.171. The first-order valence-corrected chi connectivity index (χ1v) is 7.84. The number of phenols is 1. The number of hydrogen-bond donors (Lipinski definition) is 2. The standard InChI is InChI=1S/C15H20Cl2N2O2/c1-3-19-6-4-5-10(19)8-21-15(18)13-9(2)11(16)7-12(17)14(13)20/h7,10,18,20H,3-6,8H2,1-2H3. The minimum Gasteiger partial charge on any atom is -0.506 e. The summed E-state index contributed by atoms with van der Waals surface area (Å²) in [6, 6.07) is 1.80. The predicted octanol–water partition coefficient (Wildman–Crippen LogP) is 3.83. The zero-order valence-electron chi connectivity index (χ0n) is 12.2. The number of aromatic hydroxyl groups is 1. The first kappa shape index (κ1) is 16.4. The van der Waals surface area contributed by atoms with Crippen LogP contribution in [-0.4, -0.2) is 41.6 Å². The van der Waals surface area contributed by atoms with Gasteiger partial charge in [0.15, 0.2) is 0 Å². The Morgan fingerprint density at radius 2 is 2.19 bits per heavy atom. The summed E-state index contributed by atoms with van der Waals surface area (Å²) in [5, 5.41) is 18.7. The summed E-state index contributed by atoms with van der Waals surface area (Å²) in [6.45, 7) is 6.35. The Morgan fingerprint density at radius 1 is 1.48 bits per heavy atom. The van der Waals surface area contributed by atoms with Crippen molar-refractivity contribution in [3.63, 3.8) is 0 Å². The van der Waals surface area contributed by atoms with Crippen LogP contribution in [0, 0.1) is 12.3 Å². The summed E-state index contributed by atoms with van der Waals surface area (Å²) < 4.78 is 5.58. The molecule has 2 N–H and O–H groups in total. The Kier molecular flexibility index (Phi) is 5.36. The summed E-state index contributed by atoms with van der Waals surface area (Å²) in [4.78, 5) is 2.34. The lowest BCUT2D eigenvalue weighted by Crippen LogP contribution is -2.33. The molecular formula is C15H20Cl2N2O2. The van der Waals surface area contributed by atoms with Gasteiger partial charge in [-0.2, -0.15) is 0 Å². The van der Waals surface area contributed by atoms with Crippen molar-refractivity contribution >= 4 is 29.1 Å². The summed E-state index contributed by atoms with van der Waals surface area (Å²) in [5.41, 5.74) is 0.871. The van der Waals surface area contributed by atoms with Gasteiger partial charge in [-0.05, 0) is 44.5 Å². The van der Waals surface area contributed by atoms with Gasteiger partial charge in [-0.3, -0.25) is 10.3 Å². The van der Waals surface area contributed by atoms with E-state index < -0.39 is 0 Å². The van der Waals surface area contributed by atoms with Gasteiger partial charge in [-0.15, -0.1) is 0 Å². The molecule has 0 bridgehead atoms. The van der Waals surface area contributed by atoms with Crippen LogP contribution in [0.5, 0.6) is 5.75 Å². The van der Waals surface area contributed by atoms with Crippen molar-refractivity contribution in [3.8, 4) is 5.75 Å². The highest BCUT2D eigenvalue weighted by molar-refractivity contribution is 6.36.